The van der Waals surface area contributed by atoms with Crippen molar-refractivity contribution >= 4 is 56.5 Å². The number of hydrogen-bond donors (Lipinski definition) is 3. The van der Waals surface area contributed by atoms with Gasteiger partial charge in [-0.15, -0.1) is 0 Å². The van der Waals surface area contributed by atoms with Crippen LogP contribution in [0.25, 0.3) is 0 Å². The summed E-state index contributed by atoms with van der Waals surface area (Å²) in [6, 6.07) is 12.8. The Morgan fingerprint density at radius 3 is 2.69 bits per heavy atom. The molecule has 2 aromatic rings. The van der Waals surface area contributed by atoms with Gasteiger partial charge in [0.15, 0.2) is 5.11 Å². The maximum Gasteiger partial charge on any atom is 0.255 e. The highest BCUT2D eigenvalue weighted by Gasteiger charge is 2.31. The van der Waals surface area contributed by atoms with Crippen molar-refractivity contribution in [3.63, 3.8) is 0 Å². The Bertz CT molecular complexity index is 929. The van der Waals surface area contributed by atoms with Crippen LogP contribution in [-0.2, 0) is 4.79 Å². The molecule has 0 unspecified atom stereocenters. The van der Waals surface area contributed by atoms with Crippen LogP contribution in [0.5, 0.6) is 0 Å². The molecule has 3 N–H and O–H groups in total. The third-order valence-corrected chi connectivity index (χ3v) is 5.35. The topological polar surface area (TPSA) is 53.2 Å². The molecule has 0 spiro atoms. The Balaban J connectivity index is 2.00. The molecule has 1 amide bonds. The quantitative estimate of drug-likeness (QED) is 0.586. The van der Waals surface area contributed by atoms with Gasteiger partial charge in [0, 0.05) is 20.9 Å². The van der Waals surface area contributed by atoms with Gasteiger partial charge in [-0.05, 0) is 55.4 Å². The van der Waals surface area contributed by atoms with Gasteiger partial charge in [0.1, 0.15) is 0 Å². The average Bonchev–Trinajstić information content (AvgIpc) is 2.57. The second-order valence-corrected chi connectivity index (χ2v) is 7.70. The van der Waals surface area contributed by atoms with Crippen LogP contribution in [0.1, 0.15) is 24.1 Å². The molecule has 3 rings (SSSR count). The van der Waals surface area contributed by atoms with Gasteiger partial charge >= 0.3 is 0 Å². The number of benzene rings is 2. The molecule has 134 valence electrons. The summed E-state index contributed by atoms with van der Waals surface area (Å²) in [6.45, 7) is 3.77. The van der Waals surface area contributed by atoms with E-state index >= 15 is 0 Å². The van der Waals surface area contributed by atoms with Crippen molar-refractivity contribution in [1.82, 2.24) is 10.6 Å². The lowest BCUT2D eigenvalue weighted by molar-refractivity contribution is -0.113. The Kier molecular flexibility index (Phi) is 5.65. The van der Waals surface area contributed by atoms with Gasteiger partial charge < -0.3 is 16.0 Å². The number of amides is 1. The summed E-state index contributed by atoms with van der Waals surface area (Å²) < 4.78 is 0.902. The van der Waals surface area contributed by atoms with Crippen molar-refractivity contribution < 1.29 is 4.79 Å². The first-order chi connectivity index (χ1) is 12.4. The first-order valence-corrected chi connectivity index (χ1v) is 9.55. The Hall–Kier alpha value is -1.89. The third-order valence-electron chi connectivity index (χ3n) is 4.18. The average molecular weight is 451 g/mol. The lowest BCUT2D eigenvalue weighted by atomic mass is 9.95. The van der Waals surface area contributed by atoms with Gasteiger partial charge in [0.25, 0.3) is 5.91 Å². The first kappa shape index (κ1) is 18.9. The smallest absolute Gasteiger partial charge is 0.255 e. The van der Waals surface area contributed by atoms with Crippen molar-refractivity contribution in [2.45, 2.75) is 19.9 Å². The fourth-order valence-electron chi connectivity index (χ4n) is 2.86. The number of anilines is 1. The monoisotopic (exact) mass is 449 g/mol. The molecule has 0 saturated carbocycles. The molecule has 0 aromatic heterocycles. The van der Waals surface area contributed by atoms with Crippen molar-refractivity contribution in [3.05, 3.63) is 74.4 Å². The Morgan fingerprint density at radius 2 is 1.96 bits per heavy atom. The second kappa shape index (κ2) is 7.78. The number of nitrogens with one attached hydrogen (secondary N) is 3. The molecule has 1 aliphatic rings. The highest BCUT2D eigenvalue weighted by atomic mass is 79.9. The molecular weight excluding hydrogens is 434 g/mol. The van der Waals surface area contributed by atoms with Crippen molar-refractivity contribution in [2.24, 2.45) is 0 Å². The summed E-state index contributed by atoms with van der Waals surface area (Å²) in [4.78, 5) is 13.1. The van der Waals surface area contributed by atoms with Gasteiger partial charge in [-0.3, -0.25) is 4.79 Å². The van der Waals surface area contributed by atoms with E-state index in [9.17, 15) is 4.79 Å². The number of rotatable bonds is 3. The summed E-state index contributed by atoms with van der Waals surface area (Å²) in [5, 5.41) is 10.3. The Morgan fingerprint density at radius 1 is 1.23 bits per heavy atom. The van der Waals surface area contributed by atoms with E-state index in [1.54, 1.807) is 12.1 Å². The van der Waals surface area contributed by atoms with Crippen LogP contribution in [0.15, 0.2) is 58.2 Å². The van der Waals surface area contributed by atoms with Crippen LogP contribution < -0.4 is 16.0 Å². The zero-order valence-electron chi connectivity index (χ0n) is 14.2. The van der Waals surface area contributed by atoms with Crippen LogP contribution in [0.4, 0.5) is 5.69 Å². The summed E-state index contributed by atoms with van der Waals surface area (Å²) in [5.41, 5.74) is 3.84. The van der Waals surface area contributed by atoms with Gasteiger partial charge in [0.2, 0.25) is 0 Å². The number of allylic oxidation sites excluding steroid dienone is 1. The zero-order chi connectivity index (χ0) is 18.8. The number of aryl methyl sites for hydroxylation is 1. The largest absolute Gasteiger partial charge is 0.351 e. The SMILES string of the molecule is CC1=C(C(=O)Nc2cc(Cl)ccc2C)[C@H](c2ccccc2Br)NC(=S)N1. The fourth-order valence-corrected chi connectivity index (χ4v) is 3.81. The third kappa shape index (κ3) is 3.92. The molecule has 0 aliphatic carbocycles. The molecule has 0 saturated heterocycles. The lowest BCUT2D eigenvalue weighted by Gasteiger charge is -2.31. The maximum atomic E-state index is 13.1. The second-order valence-electron chi connectivity index (χ2n) is 6.01. The van der Waals surface area contributed by atoms with Gasteiger partial charge in [-0.25, -0.2) is 0 Å². The molecular formula is C19H17BrClN3OS. The van der Waals surface area contributed by atoms with Crippen LogP contribution in [0.3, 0.4) is 0 Å². The number of thiocarbonyl (C=S) groups is 1. The van der Waals surface area contributed by atoms with E-state index in [0.29, 0.717) is 27.1 Å². The van der Waals surface area contributed by atoms with E-state index in [0.717, 1.165) is 15.6 Å². The minimum atomic E-state index is -0.362. The highest BCUT2D eigenvalue weighted by molar-refractivity contribution is 9.10. The zero-order valence-corrected chi connectivity index (χ0v) is 17.3. The van der Waals surface area contributed by atoms with E-state index in [1.807, 2.05) is 44.2 Å². The molecule has 2 aromatic carbocycles. The Labute approximate surface area is 171 Å². The minimum absolute atomic E-state index is 0.212. The van der Waals surface area contributed by atoms with Crippen LogP contribution in [0, 0.1) is 6.92 Å². The van der Waals surface area contributed by atoms with Crippen molar-refractivity contribution in [2.75, 3.05) is 5.32 Å². The van der Waals surface area contributed by atoms with E-state index in [4.69, 9.17) is 23.8 Å². The predicted octanol–water partition coefficient (Wildman–Crippen LogP) is 4.84. The van der Waals surface area contributed by atoms with Gasteiger partial charge in [0.05, 0.1) is 11.6 Å². The predicted molar refractivity (Wildman–Crippen MR) is 113 cm³/mol. The molecule has 1 heterocycles. The molecule has 0 radical (unpaired) electrons. The number of carbonyl (C=O) groups excluding carboxylic acids is 1. The molecule has 4 nitrogen and oxygen atoms in total. The maximum absolute atomic E-state index is 13.1. The fraction of sp³-hybridized carbons (Fsp3) is 0.158. The first-order valence-electron chi connectivity index (χ1n) is 7.97. The molecule has 26 heavy (non-hydrogen) atoms. The molecule has 0 fully saturated rings. The van der Waals surface area contributed by atoms with Crippen LogP contribution >= 0.6 is 39.7 Å². The van der Waals surface area contributed by atoms with E-state index < -0.39 is 0 Å². The van der Waals surface area contributed by atoms with Gasteiger partial charge in [-0.1, -0.05) is 51.8 Å². The molecule has 1 atom stereocenters. The molecule has 0 bridgehead atoms. The normalized spacial score (nSPS) is 16.8. The van der Waals surface area contributed by atoms with Crippen molar-refractivity contribution in [3.8, 4) is 0 Å². The summed E-state index contributed by atoms with van der Waals surface area (Å²) in [7, 11) is 0. The van der Waals surface area contributed by atoms with E-state index in [-0.39, 0.29) is 11.9 Å². The van der Waals surface area contributed by atoms with Gasteiger partial charge in [-0.2, -0.15) is 0 Å². The number of halogens is 2. The number of hydrogen-bond acceptors (Lipinski definition) is 2. The summed E-state index contributed by atoms with van der Waals surface area (Å²) in [6.07, 6.45) is 0. The van der Waals surface area contributed by atoms with E-state index in [1.165, 1.54) is 0 Å². The highest BCUT2D eigenvalue weighted by Crippen LogP contribution is 2.32. The molecule has 1 aliphatic heterocycles. The summed E-state index contributed by atoms with van der Waals surface area (Å²) in [5.74, 6) is -0.212. The number of carbonyl (C=O) groups is 1. The molecule has 7 heteroatoms. The van der Waals surface area contributed by atoms with Crippen LogP contribution in [0.2, 0.25) is 5.02 Å². The standard InChI is InChI=1S/C19H17BrClN3OS/c1-10-7-8-12(21)9-15(10)23-18(25)16-11(2)22-19(26)24-17(16)13-5-3-4-6-14(13)20/h3-9,17H,1-2H3,(H,23,25)(H2,22,24,26)/t17-/m0/s1. The lowest BCUT2D eigenvalue weighted by Crippen LogP contribution is -2.45. The van der Waals surface area contributed by atoms with E-state index in [2.05, 4.69) is 31.9 Å². The summed E-state index contributed by atoms with van der Waals surface area (Å²) >= 11 is 14.9. The minimum Gasteiger partial charge on any atom is -0.351 e. The van der Waals surface area contributed by atoms with Crippen LogP contribution in [-0.4, -0.2) is 11.0 Å². The van der Waals surface area contributed by atoms with Crippen molar-refractivity contribution in [1.29, 1.82) is 0 Å².